The van der Waals surface area contributed by atoms with E-state index in [0.717, 1.165) is 0 Å². The summed E-state index contributed by atoms with van der Waals surface area (Å²) in [5.41, 5.74) is 0.00195. The summed E-state index contributed by atoms with van der Waals surface area (Å²) < 4.78 is 0. The quantitative estimate of drug-likeness (QED) is 0.343. The lowest BCUT2D eigenvalue weighted by Gasteiger charge is -2.11. The molecule has 0 radical (unpaired) electrons. The summed E-state index contributed by atoms with van der Waals surface area (Å²) in [6.07, 6.45) is 0.937. The van der Waals surface area contributed by atoms with Gasteiger partial charge in [0, 0.05) is 18.7 Å². The standard InChI is InChI=1S/C19H16ClN3O6/c20-15-7-2-1-6-14(15)18(26)22-16(19(27)21-9-8-17(24)25)11-12-4-3-5-13(10-12)23(28)29/h1-7,10-11H,8-9H2,(H,21,27)(H,22,26)(H,24,25). The van der Waals surface area contributed by atoms with Gasteiger partial charge in [-0.1, -0.05) is 35.9 Å². The van der Waals surface area contributed by atoms with Gasteiger partial charge in [-0.2, -0.15) is 0 Å². The van der Waals surface area contributed by atoms with Crippen molar-refractivity contribution in [2.75, 3.05) is 6.54 Å². The third-order valence-corrected chi connectivity index (χ3v) is 3.96. The molecule has 0 aromatic heterocycles. The van der Waals surface area contributed by atoms with Gasteiger partial charge in [0.15, 0.2) is 0 Å². The summed E-state index contributed by atoms with van der Waals surface area (Å²) in [7, 11) is 0. The first-order valence-electron chi connectivity index (χ1n) is 8.30. The molecule has 2 aromatic carbocycles. The summed E-state index contributed by atoms with van der Waals surface area (Å²) >= 11 is 6.00. The zero-order chi connectivity index (χ0) is 21.4. The topological polar surface area (TPSA) is 139 Å². The van der Waals surface area contributed by atoms with Crippen LogP contribution < -0.4 is 10.6 Å². The number of rotatable bonds is 8. The van der Waals surface area contributed by atoms with Crippen molar-refractivity contribution >= 4 is 41.1 Å². The highest BCUT2D eigenvalue weighted by atomic mass is 35.5. The molecule has 0 unspecified atom stereocenters. The van der Waals surface area contributed by atoms with Gasteiger partial charge in [0.25, 0.3) is 17.5 Å². The Bertz CT molecular complexity index is 989. The Morgan fingerprint density at radius 3 is 2.52 bits per heavy atom. The van der Waals surface area contributed by atoms with E-state index >= 15 is 0 Å². The molecule has 0 spiro atoms. The number of aliphatic carboxylic acids is 1. The lowest BCUT2D eigenvalue weighted by Crippen LogP contribution is -2.35. The fourth-order valence-corrected chi connectivity index (χ4v) is 2.49. The summed E-state index contributed by atoms with van der Waals surface area (Å²) in [5, 5.41) is 24.6. The molecule has 2 aromatic rings. The molecule has 3 N–H and O–H groups in total. The maximum absolute atomic E-state index is 12.5. The molecule has 0 saturated heterocycles. The minimum atomic E-state index is -1.10. The molecule has 0 bridgehead atoms. The Hall–Kier alpha value is -3.72. The largest absolute Gasteiger partial charge is 0.481 e. The van der Waals surface area contributed by atoms with Crippen molar-refractivity contribution < 1.29 is 24.4 Å². The van der Waals surface area contributed by atoms with Crippen LogP contribution in [0.3, 0.4) is 0 Å². The number of carboxylic acid groups (broad SMARTS) is 1. The predicted molar refractivity (Wildman–Crippen MR) is 105 cm³/mol. The van der Waals surface area contributed by atoms with Gasteiger partial charge in [-0.15, -0.1) is 0 Å². The summed E-state index contributed by atoms with van der Waals surface area (Å²) in [6, 6.07) is 11.7. The summed E-state index contributed by atoms with van der Waals surface area (Å²) in [5.74, 6) is -2.52. The Morgan fingerprint density at radius 2 is 1.86 bits per heavy atom. The number of hydrogen-bond acceptors (Lipinski definition) is 5. The van der Waals surface area contributed by atoms with Gasteiger partial charge in [0.2, 0.25) is 0 Å². The van der Waals surface area contributed by atoms with Gasteiger partial charge in [-0.3, -0.25) is 24.5 Å². The second-order valence-corrected chi connectivity index (χ2v) is 6.15. The van der Waals surface area contributed by atoms with Crippen LogP contribution in [0, 0.1) is 10.1 Å². The van der Waals surface area contributed by atoms with Gasteiger partial charge in [-0.25, -0.2) is 0 Å². The maximum atomic E-state index is 12.5. The zero-order valence-electron chi connectivity index (χ0n) is 14.9. The fraction of sp³-hybridized carbons (Fsp3) is 0.105. The van der Waals surface area contributed by atoms with E-state index in [1.54, 1.807) is 12.1 Å². The molecule has 0 aliphatic rings. The van der Waals surface area contributed by atoms with Gasteiger partial charge in [0.1, 0.15) is 5.70 Å². The number of nitro benzene ring substituents is 1. The van der Waals surface area contributed by atoms with Crippen LogP contribution in [0.15, 0.2) is 54.2 Å². The van der Waals surface area contributed by atoms with Crippen molar-refractivity contribution in [1.29, 1.82) is 0 Å². The first kappa shape index (κ1) is 21.6. The highest BCUT2D eigenvalue weighted by Crippen LogP contribution is 2.17. The maximum Gasteiger partial charge on any atom is 0.305 e. The molecule has 29 heavy (non-hydrogen) atoms. The smallest absolute Gasteiger partial charge is 0.305 e. The van der Waals surface area contributed by atoms with Crippen LogP contribution in [0.25, 0.3) is 6.08 Å². The van der Waals surface area contributed by atoms with Crippen LogP contribution in [-0.2, 0) is 9.59 Å². The van der Waals surface area contributed by atoms with E-state index in [4.69, 9.17) is 16.7 Å². The lowest BCUT2D eigenvalue weighted by molar-refractivity contribution is -0.384. The molecule has 0 aliphatic carbocycles. The number of amides is 2. The Labute approximate surface area is 170 Å². The fourth-order valence-electron chi connectivity index (χ4n) is 2.27. The first-order chi connectivity index (χ1) is 13.8. The Balaban J connectivity index is 2.32. The van der Waals surface area contributed by atoms with Gasteiger partial charge in [0.05, 0.1) is 21.9 Å². The van der Waals surface area contributed by atoms with Crippen LogP contribution in [0.5, 0.6) is 0 Å². The molecule has 0 heterocycles. The third-order valence-electron chi connectivity index (χ3n) is 3.63. The first-order valence-corrected chi connectivity index (χ1v) is 8.67. The lowest BCUT2D eigenvalue weighted by atomic mass is 10.1. The Morgan fingerprint density at radius 1 is 1.14 bits per heavy atom. The SMILES string of the molecule is O=C(O)CCNC(=O)C(=Cc1cccc([N+](=O)[O-])c1)NC(=O)c1ccccc1Cl. The van der Waals surface area contributed by atoms with Crippen molar-refractivity contribution in [2.24, 2.45) is 0 Å². The van der Waals surface area contributed by atoms with E-state index in [2.05, 4.69) is 10.6 Å². The van der Waals surface area contributed by atoms with Gasteiger partial charge in [-0.05, 0) is 23.8 Å². The molecule has 0 atom stereocenters. The number of carbonyl (C=O) groups excluding carboxylic acids is 2. The zero-order valence-corrected chi connectivity index (χ0v) is 15.7. The van der Waals surface area contributed by atoms with Crippen molar-refractivity contribution in [1.82, 2.24) is 10.6 Å². The number of nitrogens with one attached hydrogen (secondary N) is 2. The molecule has 10 heteroatoms. The highest BCUT2D eigenvalue weighted by Gasteiger charge is 2.17. The van der Waals surface area contributed by atoms with Crippen molar-refractivity contribution in [3.63, 3.8) is 0 Å². The van der Waals surface area contributed by atoms with Crippen LogP contribution in [0.4, 0.5) is 5.69 Å². The molecular weight excluding hydrogens is 402 g/mol. The number of nitro groups is 1. The van der Waals surface area contributed by atoms with Crippen molar-refractivity contribution in [3.05, 3.63) is 80.5 Å². The number of nitrogens with zero attached hydrogens (tertiary/aromatic N) is 1. The number of hydrogen-bond donors (Lipinski definition) is 3. The number of non-ortho nitro benzene ring substituents is 1. The van der Waals surface area contributed by atoms with Gasteiger partial charge < -0.3 is 15.7 Å². The van der Waals surface area contributed by atoms with Gasteiger partial charge >= 0.3 is 5.97 Å². The van der Waals surface area contributed by atoms with Crippen LogP contribution in [0.1, 0.15) is 22.3 Å². The second-order valence-electron chi connectivity index (χ2n) is 5.74. The van der Waals surface area contributed by atoms with E-state index in [1.165, 1.54) is 42.5 Å². The molecule has 0 fully saturated rings. The van der Waals surface area contributed by atoms with E-state index in [9.17, 15) is 24.5 Å². The molecular formula is C19H16ClN3O6. The monoisotopic (exact) mass is 417 g/mol. The summed E-state index contributed by atoms with van der Waals surface area (Å²) in [4.78, 5) is 45.9. The number of halogens is 1. The normalized spacial score (nSPS) is 10.9. The van der Waals surface area contributed by atoms with Crippen molar-refractivity contribution in [3.8, 4) is 0 Å². The Kier molecular flexibility index (Phi) is 7.44. The molecule has 2 amide bonds. The third kappa shape index (κ3) is 6.43. The highest BCUT2D eigenvalue weighted by molar-refractivity contribution is 6.34. The average Bonchev–Trinajstić information content (AvgIpc) is 2.67. The van der Waals surface area contributed by atoms with Crippen molar-refractivity contribution in [2.45, 2.75) is 6.42 Å². The van der Waals surface area contributed by atoms with E-state index < -0.39 is 22.7 Å². The number of carboxylic acids is 1. The average molecular weight is 418 g/mol. The van der Waals surface area contributed by atoms with Crippen LogP contribution in [0.2, 0.25) is 5.02 Å². The number of benzene rings is 2. The summed E-state index contributed by atoms with van der Waals surface area (Å²) in [6.45, 7) is -0.164. The van der Waals surface area contributed by atoms with E-state index in [1.807, 2.05) is 0 Å². The number of carbonyl (C=O) groups is 3. The molecule has 2 rings (SSSR count). The molecule has 150 valence electrons. The molecule has 0 saturated carbocycles. The van der Waals surface area contributed by atoms with E-state index in [0.29, 0.717) is 5.56 Å². The minimum absolute atomic E-state index is 0.123. The molecule has 9 nitrogen and oxygen atoms in total. The minimum Gasteiger partial charge on any atom is -0.481 e. The second kappa shape index (κ2) is 10.00. The predicted octanol–water partition coefficient (Wildman–Crippen LogP) is 2.61. The van der Waals surface area contributed by atoms with Crippen LogP contribution in [-0.4, -0.2) is 34.4 Å². The van der Waals surface area contributed by atoms with Crippen LogP contribution >= 0.6 is 11.6 Å². The molecule has 0 aliphatic heterocycles. The van der Waals surface area contributed by atoms with E-state index in [-0.39, 0.29) is 34.9 Å².